The van der Waals surface area contributed by atoms with E-state index in [-0.39, 0.29) is 0 Å². The van der Waals surface area contributed by atoms with Crippen LogP contribution in [-0.2, 0) is 0 Å². The first-order chi connectivity index (χ1) is 44.2. The van der Waals surface area contributed by atoms with Gasteiger partial charge in [0.05, 0.1) is 56.4 Å². The summed E-state index contributed by atoms with van der Waals surface area (Å²) in [6.45, 7) is 0. The summed E-state index contributed by atoms with van der Waals surface area (Å²) in [5.41, 5.74) is -13.1. The van der Waals surface area contributed by atoms with Crippen molar-refractivity contribution >= 4 is 60.5 Å². The molecule has 0 spiro atoms. The second kappa shape index (κ2) is 14.1. The number of rotatable bonds is 7. The lowest BCUT2D eigenvalue weighted by Gasteiger charge is -2.27. The van der Waals surface area contributed by atoms with Gasteiger partial charge in [0.15, 0.2) is 0 Å². The van der Waals surface area contributed by atoms with Crippen LogP contribution in [0.3, 0.4) is 0 Å². The molecule has 0 saturated carbocycles. The third-order valence-corrected chi connectivity index (χ3v) is 8.69. The van der Waals surface area contributed by atoms with Gasteiger partial charge in [-0.15, -0.1) is 0 Å². The van der Waals surface area contributed by atoms with E-state index in [0.29, 0.717) is 4.90 Å². The zero-order valence-electron chi connectivity index (χ0n) is 65.9. The average Bonchev–Trinajstić information content (AvgIpc) is 1.67. The Hall–Kier alpha value is -7.68. The van der Waals surface area contributed by atoms with Crippen LogP contribution >= 0.6 is 0 Å². The SMILES string of the molecule is [2H]c1c([2H])c([2H])c(-c2c([2H])c([2H])c(N(c3c([2H])c([2H])c4c(oc5c6c([2H])c([2H])c([2H])c([2H])c6c(-c6c([2H])c(-c7c([2H])c([2H])c([2H])c([2H])c7[2H])c([2H])c(-c7c([2H])c([2H])c([2H])c([2H])c7[2H])c6[2H])c([2H])c54)c3[2H])c3c([2H])c([2H])c([2H])c4c([2H])c([2H])c([2H])c([2H])c34)c([2H])c2[2H])c([2H])c1[2H]. The monoisotopic (exact) mass is 777 g/mol. The first-order valence-electron chi connectivity index (χ1n) is 35.3. The summed E-state index contributed by atoms with van der Waals surface area (Å²) in [5, 5.41) is -5.07. The Morgan fingerprint density at radius 1 is 0.328 bits per heavy atom. The number of anilines is 3. The Labute approximate surface area is 389 Å². The third-order valence-electron chi connectivity index (χ3n) is 8.69. The highest BCUT2D eigenvalue weighted by Gasteiger charge is 2.20. The standard InChI is InChI=1S/C56H37NO/c1-4-15-38(16-5-1)41-27-29-46(30-28-41)57(54-26-14-22-42-21-10-11-23-48(42)54)47-31-32-50-53-37-52(49-24-12-13-25-51(49)56(53)58-55(50)36-47)45-34-43(39-17-6-2-7-18-39)33-44(35-45)40-19-8-3-9-20-40/h1-37H/i1D,2D,3D,4D,5D,6D,7D,8D,9D,10D,11D,12D,13D,14D,15D,16D,17D,18D,19D,20D,21D,22D,23D,24D,25D,26D,27D,28D,29D,30D,31D,32D,33D,34D,35D,36D,37D. The summed E-state index contributed by atoms with van der Waals surface area (Å²) in [4.78, 5) is 0.351. The molecule has 0 saturated heterocycles. The van der Waals surface area contributed by atoms with Crippen molar-refractivity contribution in [2.24, 2.45) is 0 Å². The largest absolute Gasteiger partial charge is 0.455 e. The first-order valence-corrected chi connectivity index (χ1v) is 16.8. The predicted molar refractivity (Wildman–Crippen MR) is 245 cm³/mol. The van der Waals surface area contributed by atoms with Gasteiger partial charge in [-0.05, 0) is 110 Å². The van der Waals surface area contributed by atoms with E-state index in [4.69, 9.17) is 34.6 Å². The minimum Gasteiger partial charge on any atom is -0.455 e. The second-order valence-corrected chi connectivity index (χ2v) is 12.0. The molecular weight excluding hydrogens is 703 g/mol. The highest BCUT2D eigenvalue weighted by molar-refractivity contribution is 6.19. The van der Waals surface area contributed by atoms with Crippen molar-refractivity contribution in [2.75, 3.05) is 4.90 Å². The Morgan fingerprint density at radius 2 is 0.845 bits per heavy atom. The maximum absolute atomic E-state index is 10.2. The summed E-state index contributed by atoms with van der Waals surface area (Å²) in [6, 6.07) is -40.8. The molecule has 0 aliphatic carbocycles. The van der Waals surface area contributed by atoms with Crippen LogP contribution in [0.4, 0.5) is 17.1 Å². The van der Waals surface area contributed by atoms with Gasteiger partial charge in [-0.3, -0.25) is 0 Å². The number of furan rings is 1. The fourth-order valence-electron chi connectivity index (χ4n) is 6.17. The van der Waals surface area contributed by atoms with Gasteiger partial charge in [0.25, 0.3) is 0 Å². The maximum Gasteiger partial charge on any atom is 0.143 e. The Morgan fingerprint density at radius 3 is 1.52 bits per heavy atom. The predicted octanol–water partition coefficient (Wildman–Crippen LogP) is 16.0. The van der Waals surface area contributed by atoms with Crippen molar-refractivity contribution < 1.29 is 55.1 Å². The summed E-state index contributed by atoms with van der Waals surface area (Å²) >= 11 is 0. The second-order valence-electron chi connectivity index (χ2n) is 12.0. The zero-order valence-corrected chi connectivity index (χ0v) is 28.9. The highest BCUT2D eigenvalue weighted by atomic mass is 16.3. The molecule has 2 nitrogen and oxygen atoms in total. The van der Waals surface area contributed by atoms with Gasteiger partial charge in [-0.25, -0.2) is 0 Å². The van der Waals surface area contributed by atoms with Crippen molar-refractivity contribution in [3.63, 3.8) is 0 Å². The van der Waals surface area contributed by atoms with Gasteiger partial charge < -0.3 is 9.32 Å². The van der Waals surface area contributed by atoms with Crippen molar-refractivity contribution in [1.29, 1.82) is 0 Å². The molecule has 1 heterocycles. The molecule has 1 aromatic heterocycles. The van der Waals surface area contributed by atoms with E-state index in [1.807, 2.05) is 0 Å². The normalized spacial score (nSPS) is 20.4. The van der Waals surface area contributed by atoms with Gasteiger partial charge in [-0.1, -0.05) is 163 Å². The average molecular weight is 777 g/mol. The maximum atomic E-state index is 10.2. The van der Waals surface area contributed by atoms with Gasteiger partial charge >= 0.3 is 0 Å². The van der Waals surface area contributed by atoms with Crippen LogP contribution in [0.25, 0.3) is 88.0 Å². The van der Waals surface area contributed by atoms with E-state index < -0.39 is 329 Å². The van der Waals surface area contributed by atoms with Crippen LogP contribution in [0.2, 0.25) is 0 Å². The lowest BCUT2D eigenvalue weighted by molar-refractivity contribution is 0.673. The van der Waals surface area contributed by atoms with Crippen molar-refractivity contribution in [1.82, 2.24) is 0 Å². The Bertz CT molecular complexity index is 5240. The molecule has 0 unspecified atom stereocenters. The van der Waals surface area contributed by atoms with Crippen LogP contribution in [0, 0.1) is 0 Å². The van der Waals surface area contributed by atoms with Gasteiger partial charge in [0.1, 0.15) is 11.2 Å². The van der Waals surface area contributed by atoms with Crippen LogP contribution < -0.4 is 4.90 Å². The summed E-state index contributed by atoms with van der Waals surface area (Å²) in [6.07, 6.45) is 0. The van der Waals surface area contributed by atoms with Gasteiger partial charge in [-0.2, -0.15) is 0 Å². The van der Waals surface area contributed by atoms with Crippen LogP contribution in [0.1, 0.15) is 50.7 Å². The van der Waals surface area contributed by atoms with Crippen LogP contribution in [0.5, 0.6) is 0 Å². The van der Waals surface area contributed by atoms with Crippen molar-refractivity contribution in [3.05, 3.63) is 224 Å². The third kappa shape index (κ3) is 5.91. The lowest BCUT2D eigenvalue weighted by Crippen LogP contribution is -2.10. The Balaban J connectivity index is 1.38. The molecule has 0 aliphatic heterocycles. The molecule has 11 aromatic rings. The molecule has 0 fully saturated rings. The summed E-state index contributed by atoms with van der Waals surface area (Å²) in [7, 11) is 0. The minimum atomic E-state index is -1.32. The molecule has 0 bridgehead atoms. The molecular formula is C56H37NO. The molecule has 0 atom stereocenters. The molecule has 0 radical (unpaired) electrons. The van der Waals surface area contributed by atoms with Gasteiger partial charge in [0, 0.05) is 39.0 Å². The van der Waals surface area contributed by atoms with Crippen molar-refractivity contribution in [3.8, 4) is 44.5 Å². The number of fused-ring (bicyclic) bond motifs is 6. The van der Waals surface area contributed by atoms with Crippen molar-refractivity contribution in [2.45, 2.75) is 0 Å². The topological polar surface area (TPSA) is 16.4 Å². The fraction of sp³-hybridized carbons (Fsp3) is 0. The molecule has 272 valence electrons. The minimum absolute atomic E-state index is 0.351. The smallest absolute Gasteiger partial charge is 0.143 e. The quantitative estimate of drug-likeness (QED) is 0.160. The highest BCUT2D eigenvalue weighted by Crippen LogP contribution is 2.45. The first kappa shape index (κ1) is 12.9. The molecule has 11 rings (SSSR count). The molecule has 2 heteroatoms. The zero-order chi connectivity index (χ0) is 70.6. The Kier molecular flexibility index (Phi) is 3.15. The fourth-order valence-corrected chi connectivity index (χ4v) is 6.17. The molecule has 0 N–H and O–H groups in total. The van der Waals surface area contributed by atoms with Crippen LogP contribution in [-0.4, -0.2) is 0 Å². The number of hydrogen-bond acceptors (Lipinski definition) is 2. The molecule has 0 amide bonds. The molecule has 10 aromatic carbocycles. The summed E-state index contributed by atoms with van der Waals surface area (Å²) in [5.74, 6) is 0. The summed E-state index contributed by atoms with van der Waals surface area (Å²) < 4.78 is 342. The van der Waals surface area contributed by atoms with Gasteiger partial charge in [0.2, 0.25) is 0 Å². The molecule has 58 heavy (non-hydrogen) atoms. The number of nitrogens with zero attached hydrogens (tertiary/aromatic N) is 1. The van der Waals surface area contributed by atoms with E-state index in [1.165, 1.54) is 0 Å². The number of benzene rings is 10. The molecule has 0 aliphatic rings. The van der Waals surface area contributed by atoms with E-state index in [1.54, 1.807) is 0 Å². The van der Waals surface area contributed by atoms with E-state index in [0.717, 1.165) is 0 Å². The van der Waals surface area contributed by atoms with Crippen LogP contribution in [0.15, 0.2) is 228 Å². The lowest BCUT2D eigenvalue weighted by atomic mass is 9.90. The van der Waals surface area contributed by atoms with E-state index >= 15 is 0 Å². The van der Waals surface area contributed by atoms with E-state index in [2.05, 4.69) is 0 Å². The number of hydrogen-bond donors (Lipinski definition) is 0. The van der Waals surface area contributed by atoms with E-state index in [9.17, 15) is 20.6 Å².